The van der Waals surface area contributed by atoms with Crippen LogP contribution in [0.25, 0.3) is 0 Å². The zero-order valence-electron chi connectivity index (χ0n) is 10.8. The van der Waals surface area contributed by atoms with Crippen molar-refractivity contribution in [3.8, 4) is 0 Å². The highest BCUT2D eigenvalue weighted by atomic mass is 79.9. The molecule has 0 spiro atoms. The van der Waals surface area contributed by atoms with Gasteiger partial charge in [-0.1, -0.05) is 0 Å². The van der Waals surface area contributed by atoms with Crippen molar-refractivity contribution in [2.75, 3.05) is 25.0 Å². The van der Waals surface area contributed by atoms with Crippen LogP contribution in [0.4, 0.5) is 5.82 Å². The third-order valence-corrected chi connectivity index (χ3v) is 4.81. The van der Waals surface area contributed by atoms with Gasteiger partial charge in [-0.3, -0.25) is 0 Å². The fourth-order valence-electron chi connectivity index (χ4n) is 2.69. The van der Waals surface area contributed by atoms with E-state index in [1.807, 2.05) is 13.0 Å². The molecule has 0 aromatic carbocycles. The Kier molecular flexibility index (Phi) is 3.57. The fourth-order valence-corrected chi connectivity index (χ4v) is 2.91. The molecule has 0 bridgehead atoms. The Balaban J connectivity index is 1.50. The Morgan fingerprint density at radius 2 is 2.22 bits per heavy atom. The molecule has 1 aliphatic carbocycles. The van der Waals surface area contributed by atoms with Crippen LogP contribution in [0.2, 0.25) is 0 Å². The number of anilines is 1. The molecule has 2 heterocycles. The first kappa shape index (κ1) is 12.4. The number of hydrogen-bond donors (Lipinski definition) is 1. The van der Waals surface area contributed by atoms with Gasteiger partial charge in [-0.05, 0) is 66.7 Å². The molecule has 1 N–H and O–H groups in total. The highest BCUT2D eigenvalue weighted by Gasteiger charge is 2.34. The SMILES string of the molecule is Cc1nc(NCC2CCN(C3CC3)C2)ccc1Br. The first-order chi connectivity index (χ1) is 8.72. The average molecular weight is 310 g/mol. The molecule has 1 saturated heterocycles. The highest BCUT2D eigenvalue weighted by Crippen LogP contribution is 2.31. The van der Waals surface area contributed by atoms with Crippen molar-refractivity contribution in [2.45, 2.75) is 32.2 Å². The lowest BCUT2D eigenvalue weighted by Gasteiger charge is -2.15. The zero-order chi connectivity index (χ0) is 12.5. The van der Waals surface area contributed by atoms with Crippen molar-refractivity contribution in [3.05, 3.63) is 22.3 Å². The Morgan fingerprint density at radius 3 is 2.94 bits per heavy atom. The minimum absolute atomic E-state index is 0.788. The lowest BCUT2D eigenvalue weighted by atomic mass is 10.1. The second-order valence-corrected chi connectivity index (χ2v) is 6.38. The van der Waals surface area contributed by atoms with E-state index in [4.69, 9.17) is 0 Å². The Hall–Kier alpha value is -0.610. The van der Waals surface area contributed by atoms with E-state index < -0.39 is 0 Å². The number of nitrogens with one attached hydrogen (secondary N) is 1. The van der Waals surface area contributed by atoms with E-state index in [1.165, 1.54) is 32.4 Å². The number of halogens is 1. The van der Waals surface area contributed by atoms with Gasteiger partial charge in [0.05, 0.1) is 5.69 Å². The molecule has 18 heavy (non-hydrogen) atoms. The van der Waals surface area contributed by atoms with Crippen LogP contribution < -0.4 is 5.32 Å². The van der Waals surface area contributed by atoms with Gasteiger partial charge < -0.3 is 10.2 Å². The van der Waals surface area contributed by atoms with E-state index in [0.717, 1.165) is 34.5 Å². The maximum Gasteiger partial charge on any atom is 0.126 e. The smallest absolute Gasteiger partial charge is 0.126 e. The number of aryl methyl sites for hydroxylation is 1. The minimum atomic E-state index is 0.788. The third kappa shape index (κ3) is 2.86. The van der Waals surface area contributed by atoms with E-state index in [2.05, 4.69) is 37.2 Å². The molecule has 2 fully saturated rings. The standard InChI is InChI=1S/C14H20BrN3/c1-10-13(15)4-5-14(17-10)16-8-11-6-7-18(9-11)12-2-3-12/h4-5,11-12H,2-3,6-9H2,1H3,(H,16,17). The minimum Gasteiger partial charge on any atom is -0.370 e. The monoisotopic (exact) mass is 309 g/mol. The van der Waals surface area contributed by atoms with E-state index in [0.29, 0.717) is 0 Å². The molecule has 1 saturated carbocycles. The van der Waals surface area contributed by atoms with Gasteiger partial charge in [0.15, 0.2) is 0 Å². The predicted molar refractivity (Wildman–Crippen MR) is 77.9 cm³/mol. The van der Waals surface area contributed by atoms with Crippen LogP contribution in [0.15, 0.2) is 16.6 Å². The van der Waals surface area contributed by atoms with Crippen LogP contribution in [0.1, 0.15) is 25.0 Å². The summed E-state index contributed by atoms with van der Waals surface area (Å²) in [5.74, 6) is 1.79. The van der Waals surface area contributed by atoms with Gasteiger partial charge in [-0.15, -0.1) is 0 Å². The molecular formula is C14H20BrN3. The lowest BCUT2D eigenvalue weighted by Crippen LogP contribution is -2.24. The van der Waals surface area contributed by atoms with E-state index in [1.54, 1.807) is 0 Å². The Bertz CT molecular complexity index is 431. The van der Waals surface area contributed by atoms with Crippen molar-refractivity contribution in [3.63, 3.8) is 0 Å². The number of aromatic nitrogens is 1. The van der Waals surface area contributed by atoms with Gasteiger partial charge in [-0.25, -0.2) is 4.98 Å². The van der Waals surface area contributed by atoms with Crippen molar-refractivity contribution >= 4 is 21.7 Å². The fraction of sp³-hybridized carbons (Fsp3) is 0.643. The molecule has 1 atom stereocenters. The van der Waals surface area contributed by atoms with E-state index >= 15 is 0 Å². The molecule has 1 aliphatic heterocycles. The Morgan fingerprint density at radius 1 is 1.39 bits per heavy atom. The molecule has 98 valence electrons. The molecule has 3 rings (SSSR count). The molecule has 3 nitrogen and oxygen atoms in total. The average Bonchev–Trinajstić information content (AvgIpc) is 3.11. The van der Waals surface area contributed by atoms with Gasteiger partial charge >= 0.3 is 0 Å². The summed E-state index contributed by atoms with van der Waals surface area (Å²) in [4.78, 5) is 7.19. The normalized spacial score (nSPS) is 24.4. The molecule has 4 heteroatoms. The highest BCUT2D eigenvalue weighted by molar-refractivity contribution is 9.10. The number of rotatable bonds is 4. The number of hydrogen-bond acceptors (Lipinski definition) is 3. The molecule has 1 aromatic heterocycles. The summed E-state index contributed by atoms with van der Waals surface area (Å²) in [5.41, 5.74) is 1.05. The van der Waals surface area contributed by atoms with Gasteiger partial charge in [0, 0.05) is 23.6 Å². The number of nitrogens with zero attached hydrogens (tertiary/aromatic N) is 2. The van der Waals surface area contributed by atoms with Gasteiger partial charge in [-0.2, -0.15) is 0 Å². The van der Waals surface area contributed by atoms with Crippen LogP contribution in [0.3, 0.4) is 0 Å². The topological polar surface area (TPSA) is 28.2 Å². The van der Waals surface area contributed by atoms with Gasteiger partial charge in [0.2, 0.25) is 0 Å². The maximum atomic E-state index is 4.53. The Labute approximate surface area is 117 Å². The zero-order valence-corrected chi connectivity index (χ0v) is 12.4. The molecular weight excluding hydrogens is 290 g/mol. The summed E-state index contributed by atoms with van der Waals surface area (Å²) in [6, 6.07) is 5.03. The molecule has 1 aromatic rings. The first-order valence-corrected chi connectivity index (χ1v) is 7.63. The van der Waals surface area contributed by atoms with Gasteiger partial charge in [0.25, 0.3) is 0 Å². The second-order valence-electron chi connectivity index (χ2n) is 5.53. The molecule has 2 aliphatic rings. The number of likely N-dealkylation sites (tertiary alicyclic amines) is 1. The first-order valence-electron chi connectivity index (χ1n) is 6.83. The van der Waals surface area contributed by atoms with Crippen LogP contribution in [-0.2, 0) is 0 Å². The van der Waals surface area contributed by atoms with Crippen molar-refractivity contribution in [1.29, 1.82) is 0 Å². The quantitative estimate of drug-likeness (QED) is 0.926. The van der Waals surface area contributed by atoms with Crippen molar-refractivity contribution < 1.29 is 0 Å². The van der Waals surface area contributed by atoms with Crippen molar-refractivity contribution in [1.82, 2.24) is 9.88 Å². The predicted octanol–water partition coefficient (Wildman–Crippen LogP) is 3.05. The van der Waals surface area contributed by atoms with Crippen LogP contribution in [0.5, 0.6) is 0 Å². The van der Waals surface area contributed by atoms with Crippen LogP contribution in [0, 0.1) is 12.8 Å². The molecule has 0 amide bonds. The number of pyridine rings is 1. The summed E-state index contributed by atoms with van der Waals surface area (Å²) in [7, 11) is 0. The summed E-state index contributed by atoms with van der Waals surface area (Å²) in [6.07, 6.45) is 4.18. The van der Waals surface area contributed by atoms with E-state index in [-0.39, 0.29) is 0 Å². The third-order valence-electron chi connectivity index (χ3n) is 3.97. The van der Waals surface area contributed by atoms with Crippen molar-refractivity contribution in [2.24, 2.45) is 5.92 Å². The van der Waals surface area contributed by atoms with Crippen LogP contribution >= 0.6 is 15.9 Å². The summed E-state index contributed by atoms with van der Waals surface area (Å²) in [6.45, 7) is 5.65. The summed E-state index contributed by atoms with van der Waals surface area (Å²) < 4.78 is 1.08. The lowest BCUT2D eigenvalue weighted by molar-refractivity contribution is 0.316. The van der Waals surface area contributed by atoms with E-state index in [9.17, 15) is 0 Å². The maximum absolute atomic E-state index is 4.53. The van der Waals surface area contributed by atoms with Gasteiger partial charge in [0.1, 0.15) is 5.82 Å². The molecule has 0 radical (unpaired) electrons. The van der Waals surface area contributed by atoms with Crippen LogP contribution in [-0.4, -0.2) is 35.6 Å². The summed E-state index contributed by atoms with van der Waals surface area (Å²) in [5, 5.41) is 3.48. The summed E-state index contributed by atoms with van der Waals surface area (Å²) >= 11 is 3.48. The molecule has 1 unspecified atom stereocenters. The largest absolute Gasteiger partial charge is 0.370 e. The second kappa shape index (κ2) is 5.17.